The molecule has 5 rings (SSSR count). The number of pyridine rings is 1. The van der Waals surface area contributed by atoms with Crippen molar-refractivity contribution >= 4 is 27.8 Å². The third-order valence-electron chi connectivity index (χ3n) is 6.34. The molecule has 0 bridgehead atoms. The monoisotopic (exact) mass is 487 g/mol. The molecule has 1 aliphatic heterocycles. The van der Waals surface area contributed by atoms with Gasteiger partial charge in [-0.3, -0.25) is 9.55 Å². The largest absolute Gasteiger partial charge is 0.492 e. The molecule has 1 amide bonds. The number of amides is 1. The summed E-state index contributed by atoms with van der Waals surface area (Å²) in [4.78, 5) is 16.7. The molecule has 2 N–H and O–H groups in total. The van der Waals surface area contributed by atoms with Crippen LogP contribution in [-0.2, 0) is 0 Å². The molecule has 0 aliphatic carbocycles. The van der Waals surface area contributed by atoms with Crippen LogP contribution < -0.4 is 20.1 Å². The summed E-state index contributed by atoms with van der Waals surface area (Å²) < 4.78 is 26.0. The van der Waals surface area contributed by atoms with Gasteiger partial charge in [0.2, 0.25) is 0 Å². The lowest BCUT2D eigenvalue weighted by atomic mass is 9.99. The minimum atomic E-state index is -0.623. The first-order valence-corrected chi connectivity index (χ1v) is 12.0. The molecule has 0 spiro atoms. The highest BCUT2D eigenvalue weighted by molar-refractivity contribution is 5.92. The van der Waals surface area contributed by atoms with E-state index in [1.807, 2.05) is 6.07 Å². The number of aromatic nitrogens is 2. The number of fused-ring (bicyclic) bond motifs is 2. The van der Waals surface area contributed by atoms with Gasteiger partial charge in [-0.2, -0.15) is 5.26 Å². The zero-order valence-corrected chi connectivity index (χ0v) is 19.7. The Morgan fingerprint density at radius 3 is 2.86 bits per heavy atom. The van der Waals surface area contributed by atoms with Crippen LogP contribution in [0, 0.1) is 17.2 Å². The third-order valence-corrected chi connectivity index (χ3v) is 6.34. The maximum absolute atomic E-state index is 12.4. The van der Waals surface area contributed by atoms with Crippen LogP contribution in [0.1, 0.15) is 18.4 Å². The van der Waals surface area contributed by atoms with E-state index in [4.69, 9.17) is 9.47 Å². The number of rotatable bonds is 7. The van der Waals surface area contributed by atoms with Gasteiger partial charge in [0, 0.05) is 35.8 Å². The van der Waals surface area contributed by atoms with Crippen molar-refractivity contribution in [2.75, 3.05) is 32.9 Å². The molecule has 2 aromatic carbocycles. The number of carbonyl (C=O) groups is 1. The van der Waals surface area contributed by atoms with E-state index in [1.54, 1.807) is 48.8 Å². The van der Waals surface area contributed by atoms with Crippen LogP contribution in [0.2, 0.25) is 0 Å². The van der Waals surface area contributed by atoms with E-state index in [2.05, 4.69) is 21.7 Å². The Balaban J connectivity index is 1.39. The highest BCUT2D eigenvalue weighted by Gasteiger charge is 2.17. The number of nitriles is 1. The van der Waals surface area contributed by atoms with Gasteiger partial charge < -0.3 is 20.1 Å². The van der Waals surface area contributed by atoms with Crippen molar-refractivity contribution in [1.82, 2.24) is 20.2 Å². The van der Waals surface area contributed by atoms with Gasteiger partial charge in [-0.25, -0.2) is 9.18 Å². The minimum Gasteiger partial charge on any atom is -0.492 e. The Morgan fingerprint density at radius 1 is 1.19 bits per heavy atom. The van der Waals surface area contributed by atoms with Crippen LogP contribution in [-0.4, -0.2) is 48.5 Å². The van der Waals surface area contributed by atoms with Gasteiger partial charge in [-0.1, -0.05) is 0 Å². The average molecular weight is 488 g/mol. The second-order valence-electron chi connectivity index (χ2n) is 8.72. The first-order valence-electron chi connectivity index (χ1n) is 12.0. The number of hydrogen-bond acceptors (Lipinski definition) is 6. The van der Waals surface area contributed by atoms with Crippen LogP contribution in [0.4, 0.5) is 9.18 Å². The smallest absolute Gasteiger partial charge is 0.326 e. The van der Waals surface area contributed by atoms with Crippen LogP contribution in [0.15, 0.2) is 54.9 Å². The van der Waals surface area contributed by atoms with Crippen LogP contribution >= 0.6 is 0 Å². The van der Waals surface area contributed by atoms with Gasteiger partial charge >= 0.3 is 6.03 Å². The van der Waals surface area contributed by atoms with Crippen molar-refractivity contribution in [1.29, 1.82) is 5.26 Å². The van der Waals surface area contributed by atoms with Crippen LogP contribution in [0.25, 0.3) is 21.8 Å². The van der Waals surface area contributed by atoms with Crippen molar-refractivity contribution in [2.24, 2.45) is 5.92 Å². The molecule has 1 aliphatic rings. The lowest BCUT2D eigenvalue weighted by Gasteiger charge is -2.23. The normalized spacial score (nSPS) is 14.0. The first kappa shape index (κ1) is 23.6. The number of halogens is 1. The highest BCUT2D eigenvalue weighted by atomic mass is 19.1. The summed E-state index contributed by atoms with van der Waals surface area (Å²) in [7, 11) is 0. The molecular formula is C27H26FN5O3. The number of benzene rings is 2. The summed E-state index contributed by atoms with van der Waals surface area (Å²) in [6.07, 6.45) is 5.41. The second kappa shape index (κ2) is 10.6. The predicted octanol–water partition coefficient (Wildman–Crippen LogP) is 4.76. The summed E-state index contributed by atoms with van der Waals surface area (Å²) >= 11 is 0. The van der Waals surface area contributed by atoms with E-state index in [1.165, 1.54) is 4.57 Å². The maximum Gasteiger partial charge on any atom is 0.326 e. The molecule has 9 heteroatoms. The topological polar surface area (TPSA) is 101 Å². The lowest BCUT2D eigenvalue weighted by Crippen LogP contribution is -2.30. The van der Waals surface area contributed by atoms with Gasteiger partial charge in [0.05, 0.1) is 23.2 Å². The van der Waals surface area contributed by atoms with E-state index in [-0.39, 0.29) is 6.54 Å². The van der Waals surface area contributed by atoms with Crippen LogP contribution in [0.5, 0.6) is 17.2 Å². The molecular weight excluding hydrogens is 461 g/mol. The Labute approximate surface area is 207 Å². The Kier molecular flexibility index (Phi) is 6.96. The van der Waals surface area contributed by atoms with Gasteiger partial charge in [-0.05, 0) is 68.2 Å². The number of nitrogens with zero attached hydrogens (tertiary/aromatic N) is 3. The summed E-state index contributed by atoms with van der Waals surface area (Å²) in [5.74, 6) is 2.13. The Morgan fingerprint density at radius 2 is 2.06 bits per heavy atom. The summed E-state index contributed by atoms with van der Waals surface area (Å²) in [5, 5.41) is 17.1. The molecule has 184 valence electrons. The average Bonchev–Trinajstić information content (AvgIpc) is 3.34. The number of piperidine rings is 1. The minimum absolute atomic E-state index is 0.0374. The molecule has 4 aromatic rings. The van der Waals surface area contributed by atoms with Crippen molar-refractivity contribution in [3.05, 3.63) is 60.4 Å². The van der Waals surface area contributed by atoms with Crippen molar-refractivity contribution in [2.45, 2.75) is 12.8 Å². The fraction of sp³-hybridized carbons (Fsp3) is 0.296. The van der Waals surface area contributed by atoms with E-state index >= 15 is 0 Å². The van der Waals surface area contributed by atoms with E-state index in [0.717, 1.165) is 31.3 Å². The zero-order valence-electron chi connectivity index (χ0n) is 19.7. The molecule has 3 heterocycles. The molecule has 8 nitrogen and oxygen atoms in total. The number of nitrogens with one attached hydrogen (secondary N) is 2. The van der Waals surface area contributed by atoms with Gasteiger partial charge in [-0.15, -0.1) is 0 Å². The van der Waals surface area contributed by atoms with Crippen LogP contribution in [0.3, 0.4) is 0 Å². The molecule has 0 saturated carbocycles. The second-order valence-corrected chi connectivity index (χ2v) is 8.72. The van der Waals surface area contributed by atoms with Gasteiger partial charge in [0.15, 0.2) is 0 Å². The Hall–Kier alpha value is -4.16. The Bertz CT molecular complexity index is 1440. The molecule has 36 heavy (non-hydrogen) atoms. The van der Waals surface area contributed by atoms with Crippen molar-refractivity contribution in [3.63, 3.8) is 0 Å². The number of carbonyl (C=O) groups excluding carboxylic acids is 1. The van der Waals surface area contributed by atoms with E-state index in [9.17, 15) is 14.4 Å². The molecule has 2 aromatic heterocycles. The van der Waals surface area contributed by atoms with Gasteiger partial charge in [0.25, 0.3) is 0 Å². The number of ether oxygens (including phenoxy) is 2. The zero-order chi connectivity index (χ0) is 24.9. The fourth-order valence-electron chi connectivity index (χ4n) is 4.43. The molecule has 0 atom stereocenters. The number of alkyl halides is 1. The van der Waals surface area contributed by atoms with Gasteiger partial charge in [0.1, 0.15) is 30.0 Å². The van der Waals surface area contributed by atoms with Crippen molar-refractivity contribution in [3.8, 4) is 23.3 Å². The predicted molar refractivity (Wildman–Crippen MR) is 134 cm³/mol. The highest BCUT2D eigenvalue weighted by Crippen LogP contribution is 2.34. The number of hydrogen-bond donors (Lipinski definition) is 2. The summed E-state index contributed by atoms with van der Waals surface area (Å²) in [6, 6.07) is 14.3. The third kappa shape index (κ3) is 4.95. The SMILES string of the molecule is N#Cc1cc2c(Oc3ccc4c(ccn4C(=O)NCCF)c3)ccnc2cc1OCC1CCNCC1. The first-order chi connectivity index (χ1) is 17.7. The quantitative estimate of drug-likeness (QED) is 0.390. The summed E-state index contributed by atoms with van der Waals surface area (Å²) in [5.41, 5.74) is 1.78. The molecule has 1 fully saturated rings. The standard InChI is InChI=1S/C27H26FN5O3/c28-7-11-32-27(34)33-12-6-19-13-21(1-2-24(19)33)36-25-5-10-31-23-15-26(20(16-29)14-22(23)25)35-17-18-3-8-30-9-4-18/h1-2,5-6,10,12-15,18,30H,3-4,7-9,11,17H2,(H,32,34). The van der Waals surface area contributed by atoms with E-state index in [0.29, 0.717) is 51.8 Å². The molecule has 0 unspecified atom stereocenters. The molecule has 1 saturated heterocycles. The lowest BCUT2D eigenvalue weighted by molar-refractivity contribution is 0.215. The molecule has 0 radical (unpaired) electrons. The fourth-order valence-corrected chi connectivity index (χ4v) is 4.43. The van der Waals surface area contributed by atoms with E-state index < -0.39 is 12.7 Å². The summed E-state index contributed by atoms with van der Waals surface area (Å²) in [6.45, 7) is 1.89. The maximum atomic E-state index is 12.4. The van der Waals surface area contributed by atoms with Crippen molar-refractivity contribution < 1.29 is 18.7 Å².